The fourth-order valence-corrected chi connectivity index (χ4v) is 0.944. The van der Waals surface area contributed by atoms with E-state index in [4.69, 9.17) is 11.5 Å². The van der Waals surface area contributed by atoms with Gasteiger partial charge in [-0.2, -0.15) is 0 Å². The van der Waals surface area contributed by atoms with Crippen LogP contribution in [0.1, 0.15) is 15.9 Å². The first-order chi connectivity index (χ1) is 5.66. The lowest BCUT2D eigenvalue weighted by Gasteiger charge is -2.04. The molecule has 0 aliphatic rings. The molecule has 0 spiro atoms. The molecule has 0 saturated carbocycles. The van der Waals surface area contributed by atoms with E-state index in [2.05, 4.69) is 0 Å². The van der Waals surface area contributed by atoms with Crippen LogP contribution in [0.3, 0.4) is 0 Å². The second-order valence-corrected chi connectivity index (χ2v) is 2.38. The Labute approximate surface area is 69.2 Å². The minimum absolute atomic E-state index is 0.132. The van der Waals surface area contributed by atoms with Gasteiger partial charge in [-0.1, -0.05) is 12.1 Å². The molecule has 64 valence electrons. The average molecular weight is 168 g/mol. The molecule has 4 N–H and O–H groups in total. The van der Waals surface area contributed by atoms with E-state index in [1.807, 2.05) is 0 Å². The summed E-state index contributed by atoms with van der Waals surface area (Å²) in [6.45, 7) is -0.688. The Morgan fingerprint density at radius 2 is 2.17 bits per heavy atom. The van der Waals surface area contributed by atoms with Crippen molar-refractivity contribution in [3.05, 3.63) is 29.3 Å². The van der Waals surface area contributed by atoms with E-state index in [1.54, 1.807) is 6.07 Å². The van der Waals surface area contributed by atoms with Crippen molar-refractivity contribution in [2.45, 2.75) is 6.67 Å². The molecular weight excluding hydrogens is 159 g/mol. The molecule has 0 unspecified atom stereocenters. The topological polar surface area (TPSA) is 69.1 Å². The fraction of sp³-hybridized carbons (Fsp3) is 0.125. The highest BCUT2D eigenvalue weighted by molar-refractivity contribution is 5.98. The highest BCUT2D eigenvalue weighted by atomic mass is 19.1. The molecule has 3 nitrogen and oxygen atoms in total. The third-order valence-electron chi connectivity index (χ3n) is 1.61. The van der Waals surface area contributed by atoms with Crippen LogP contribution >= 0.6 is 0 Å². The molecule has 0 heterocycles. The van der Waals surface area contributed by atoms with Gasteiger partial charge in [0, 0.05) is 5.56 Å². The monoisotopic (exact) mass is 168 g/mol. The largest absolute Gasteiger partial charge is 0.398 e. The van der Waals surface area contributed by atoms with Gasteiger partial charge in [0.2, 0.25) is 0 Å². The van der Waals surface area contributed by atoms with Crippen molar-refractivity contribution in [3.63, 3.8) is 0 Å². The molecule has 0 aromatic heterocycles. The summed E-state index contributed by atoms with van der Waals surface area (Å²) in [5.41, 5.74) is 11.1. The van der Waals surface area contributed by atoms with E-state index >= 15 is 0 Å². The van der Waals surface area contributed by atoms with Gasteiger partial charge in [-0.25, -0.2) is 4.39 Å². The molecule has 0 fully saturated rings. The molecule has 0 saturated heterocycles. The molecule has 12 heavy (non-hydrogen) atoms. The Kier molecular flexibility index (Phi) is 2.28. The van der Waals surface area contributed by atoms with Crippen LogP contribution in [0, 0.1) is 0 Å². The SMILES string of the molecule is NC(=O)c1cccc(CF)c1N. The summed E-state index contributed by atoms with van der Waals surface area (Å²) in [5.74, 6) is -0.636. The van der Waals surface area contributed by atoms with E-state index in [0.29, 0.717) is 5.56 Å². The number of alkyl halides is 1. The van der Waals surface area contributed by atoms with E-state index in [0.717, 1.165) is 0 Å². The number of hydrogen-bond acceptors (Lipinski definition) is 2. The maximum Gasteiger partial charge on any atom is 0.250 e. The number of nitrogen functional groups attached to an aromatic ring is 1. The molecule has 1 rings (SSSR count). The molecule has 0 aliphatic heterocycles. The number of carbonyl (C=O) groups excluding carboxylic acids is 1. The number of amides is 1. The zero-order chi connectivity index (χ0) is 9.14. The van der Waals surface area contributed by atoms with E-state index in [9.17, 15) is 9.18 Å². The van der Waals surface area contributed by atoms with Crippen molar-refractivity contribution in [2.24, 2.45) is 5.73 Å². The number of halogens is 1. The molecular formula is C8H9FN2O. The Morgan fingerprint density at radius 3 is 2.67 bits per heavy atom. The Hall–Kier alpha value is -1.58. The van der Waals surface area contributed by atoms with Crippen LogP contribution in [0.15, 0.2) is 18.2 Å². The Morgan fingerprint density at radius 1 is 1.50 bits per heavy atom. The van der Waals surface area contributed by atoms with Crippen molar-refractivity contribution in [1.82, 2.24) is 0 Å². The van der Waals surface area contributed by atoms with Crippen molar-refractivity contribution in [2.75, 3.05) is 5.73 Å². The lowest BCUT2D eigenvalue weighted by atomic mass is 10.1. The molecule has 0 radical (unpaired) electrons. The Bertz CT molecular complexity index is 312. The van der Waals surface area contributed by atoms with Crippen LogP contribution in [-0.4, -0.2) is 5.91 Å². The van der Waals surface area contributed by atoms with Crippen molar-refractivity contribution in [1.29, 1.82) is 0 Å². The van der Waals surface area contributed by atoms with Gasteiger partial charge in [-0.3, -0.25) is 4.79 Å². The normalized spacial score (nSPS) is 9.75. The van der Waals surface area contributed by atoms with Crippen LogP contribution in [0.4, 0.5) is 10.1 Å². The van der Waals surface area contributed by atoms with E-state index in [-0.39, 0.29) is 11.3 Å². The molecule has 1 amide bonds. The maximum absolute atomic E-state index is 12.2. The highest BCUT2D eigenvalue weighted by Crippen LogP contribution is 2.17. The summed E-state index contributed by atoms with van der Waals surface area (Å²) in [6.07, 6.45) is 0. The van der Waals surface area contributed by atoms with Crippen LogP contribution in [0.2, 0.25) is 0 Å². The summed E-state index contributed by atoms with van der Waals surface area (Å²) >= 11 is 0. The predicted molar refractivity (Wildman–Crippen MR) is 44.2 cm³/mol. The second kappa shape index (κ2) is 3.21. The van der Waals surface area contributed by atoms with Crippen molar-refractivity contribution < 1.29 is 9.18 Å². The maximum atomic E-state index is 12.2. The van der Waals surface area contributed by atoms with Crippen LogP contribution in [0.25, 0.3) is 0 Å². The molecule has 1 aromatic rings. The average Bonchev–Trinajstić information content (AvgIpc) is 2.04. The smallest absolute Gasteiger partial charge is 0.250 e. The van der Waals surface area contributed by atoms with Gasteiger partial charge >= 0.3 is 0 Å². The predicted octanol–water partition coefficient (Wildman–Crippen LogP) is 0.837. The van der Waals surface area contributed by atoms with Crippen molar-refractivity contribution in [3.8, 4) is 0 Å². The summed E-state index contributed by atoms with van der Waals surface area (Å²) in [6, 6.07) is 4.53. The Balaban J connectivity index is 3.23. The van der Waals surface area contributed by atoms with Crippen LogP contribution < -0.4 is 11.5 Å². The van der Waals surface area contributed by atoms with Gasteiger partial charge in [0.1, 0.15) is 6.67 Å². The zero-order valence-corrected chi connectivity index (χ0v) is 6.38. The quantitative estimate of drug-likeness (QED) is 0.642. The third-order valence-corrected chi connectivity index (χ3v) is 1.61. The van der Waals surface area contributed by atoms with Gasteiger partial charge in [-0.15, -0.1) is 0 Å². The molecule has 1 aromatic carbocycles. The zero-order valence-electron chi connectivity index (χ0n) is 6.38. The first kappa shape index (κ1) is 8.52. The standard InChI is InChI=1S/C8H9FN2O/c9-4-5-2-1-3-6(7(5)10)8(11)12/h1-3H,4,10H2,(H2,11,12). The second-order valence-electron chi connectivity index (χ2n) is 2.38. The number of anilines is 1. The number of nitrogens with two attached hydrogens (primary N) is 2. The van der Waals surface area contributed by atoms with Crippen LogP contribution in [0.5, 0.6) is 0 Å². The molecule has 0 aliphatic carbocycles. The summed E-state index contributed by atoms with van der Waals surface area (Å²) < 4.78 is 12.2. The minimum atomic E-state index is -0.688. The number of carbonyl (C=O) groups is 1. The molecule has 0 bridgehead atoms. The lowest BCUT2D eigenvalue weighted by Crippen LogP contribution is -2.14. The van der Waals surface area contributed by atoms with Gasteiger partial charge in [0.25, 0.3) is 5.91 Å². The first-order valence-corrected chi connectivity index (χ1v) is 3.40. The number of primary amides is 1. The third kappa shape index (κ3) is 1.37. The van der Waals surface area contributed by atoms with Gasteiger partial charge in [-0.05, 0) is 6.07 Å². The van der Waals surface area contributed by atoms with E-state index < -0.39 is 12.6 Å². The minimum Gasteiger partial charge on any atom is -0.398 e. The number of benzene rings is 1. The number of para-hydroxylation sites is 1. The first-order valence-electron chi connectivity index (χ1n) is 3.40. The van der Waals surface area contributed by atoms with E-state index in [1.165, 1.54) is 12.1 Å². The van der Waals surface area contributed by atoms with Gasteiger partial charge in [0.15, 0.2) is 0 Å². The fourth-order valence-electron chi connectivity index (χ4n) is 0.944. The summed E-state index contributed by atoms with van der Waals surface area (Å²) in [4.78, 5) is 10.7. The van der Waals surface area contributed by atoms with Gasteiger partial charge < -0.3 is 11.5 Å². The lowest BCUT2D eigenvalue weighted by molar-refractivity contribution is 0.100. The molecule has 4 heteroatoms. The number of hydrogen-bond donors (Lipinski definition) is 2. The summed E-state index contributed by atoms with van der Waals surface area (Å²) in [5, 5.41) is 0. The highest BCUT2D eigenvalue weighted by Gasteiger charge is 2.08. The number of rotatable bonds is 2. The summed E-state index contributed by atoms with van der Waals surface area (Å²) in [7, 11) is 0. The van der Waals surface area contributed by atoms with Crippen LogP contribution in [-0.2, 0) is 6.67 Å². The van der Waals surface area contributed by atoms with Crippen molar-refractivity contribution >= 4 is 11.6 Å². The van der Waals surface area contributed by atoms with Gasteiger partial charge in [0.05, 0.1) is 11.3 Å². The molecule has 0 atom stereocenters.